The van der Waals surface area contributed by atoms with E-state index in [1.807, 2.05) is 0 Å². The number of nitrogens with two attached hydrogens (primary N) is 1. The third-order valence-electron chi connectivity index (χ3n) is 3.47. The molecule has 0 bridgehead atoms. The maximum Gasteiger partial charge on any atom is 0.0205 e. The van der Waals surface area contributed by atoms with Crippen LogP contribution in [0.2, 0.25) is 0 Å². The Balaban J connectivity index is 2.68. The molecule has 0 saturated heterocycles. The van der Waals surface area contributed by atoms with Crippen LogP contribution >= 0.6 is 0 Å². The summed E-state index contributed by atoms with van der Waals surface area (Å²) in [6.45, 7) is 6.86. The normalized spacial score (nSPS) is 36.0. The van der Waals surface area contributed by atoms with Gasteiger partial charge in [-0.05, 0) is 24.7 Å². The standard InChI is InChI=1S/C10H21N/c1-4-6-10(11)8-5-7-9(10,2)3/h4-8,11H2,1-3H3. The molecule has 0 aliphatic heterocycles. The summed E-state index contributed by atoms with van der Waals surface area (Å²) >= 11 is 0. The Morgan fingerprint density at radius 1 is 1.27 bits per heavy atom. The lowest BCUT2D eigenvalue weighted by molar-refractivity contribution is 0.193. The fourth-order valence-electron chi connectivity index (χ4n) is 2.34. The van der Waals surface area contributed by atoms with Crippen molar-refractivity contribution in [3.63, 3.8) is 0 Å². The summed E-state index contributed by atoms with van der Waals surface area (Å²) in [6.07, 6.45) is 6.28. The molecule has 66 valence electrons. The zero-order chi connectivity index (χ0) is 8.54. The van der Waals surface area contributed by atoms with Crippen molar-refractivity contribution in [1.29, 1.82) is 0 Å². The average Bonchev–Trinajstić information content (AvgIpc) is 2.09. The van der Waals surface area contributed by atoms with E-state index in [1.54, 1.807) is 0 Å². The van der Waals surface area contributed by atoms with Crippen LogP contribution in [0.1, 0.15) is 52.9 Å². The van der Waals surface area contributed by atoms with E-state index in [4.69, 9.17) is 5.73 Å². The lowest BCUT2D eigenvalue weighted by Gasteiger charge is -2.38. The lowest BCUT2D eigenvalue weighted by atomic mass is 9.73. The summed E-state index contributed by atoms with van der Waals surface area (Å²) < 4.78 is 0. The predicted octanol–water partition coefficient (Wildman–Crippen LogP) is 2.69. The minimum absolute atomic E-state index is 0.141. The average molecular weight is 155 g/mol. The Hall–Kier alpha value is -0.0400. The maximum atomic E-state index is 6.35. The third-order valence-corrected chi connectivity index (χ3v) is 3.47. The van der Waals surface area contributed by atoms with Gasteiger partial charge in [-0.1, -0.05) is 33.6 Å². The molecule has 1 rings (SSSR count). The number of hydrogen-bond acceptors (Lipinski definition) is 1. The molecule has 1 atom stereocenters. The summed E-state index contributed by atoms with van der Waals surface area (Å²) in [5.74, 6) is 0. The van der Waals surface area contributed by atoms with E-state index < -0.39 is 0 Å². The van der Waals surface area contributed by atoms with Crippen molar-refractivity contribution < 1.29 is 0 Å². The zero-order valence-electron chi connectivity index (χ0n) is 8.11. The molecule has 0 aromatic carbocycles. The molecule has 1 aliphatic rings. The van der Waals surface area contributed by atoms with Crippen molar-refractivity contribution in [2.45, 2.75) is 58.4 Å². The van der Waals surface area contributed by atoms with Crippen LogP contribution in [0.4, 0.5) is 0 Å². The van der Waals surface area contributed by atoms with E-state index in [0.717, 1.165) is 0 Å². The van der Waals surface area contributed by atoms with Crippen LogP contribution in [0.25, 0.3) is 0 Å². The van der Waals surface area contributed by atoms with Gasteiger partial charge < -0.3 is 5.73 Å². The van der Waals surface area contributed by atoms with Crippen molar-refractivity contribution >= 4 is 0 Å². The van der Waals surface area contributed by atoms with Crippen molar-refractivity contribution in [2.24, 2.45) is 11.1 Å². The Kier molecular flexibility index (Phi) is 2.29. The molecule has 1 unspecified atom stereocenters. The fourth-order valence-corrected chi connectivity index (χ4v) is 2.34. The lowest BCUT2D eigenvalue weighted by Crippen LogP contribution is -2.48. The summed E-state index contributed by atoms with van der Waals surface area (Å²) in [6, 6.07) is 0. The second kappa shape index (κ2) is 2.78. The highest BCUT2D eigenvalue weighted by Crippen LogP contribution is 2.46. The summed E-state index contributed by atoms with van der Waals surface area (Å²) in [5.41, 5.74) is 6.87. The highest BCUT2D eigenvalue weighted by atomic mass is 14.8. The van der Waals surface area contributed by atoms with Gasteiger partial charge in [0.05, 0.1) is 0 Å². The topological polar surface area (TPSA) is 26.0 Å². The van der Waals surface area contributed by atoms with Gasteiger partial charge in [0.25, 0.3) is 0 Å². The van der Waals surface area contributed by atoms with E-state index in [2.05, 4.69) is 20.8 Å². The van der Waals surface area contributed by atoms with Crippen LogP contribution in [-0.4, -0.2) is 5.54 Å². The van der Waals surface area contributed by atoms with Gasteiger partial charge in [0, 0.05) is 5.54 Å². The smallest absolute Gasteiger partial charge is 0.0205 e. The highest BCUT2D eigenvalue weighted by molar-refractivity contribution is 5.01. The van der Waals surface area contributed by atoms with Crippen LogP contribution in [0.3, 0.4) is 0 Å². The minimum Gasteiger partial charge on any atom is -0.325 e. The summed E-state index contributed by atoms with van der Waals surface area (Å²) in [7, 11) is 0. The third kappa shape index (κ3) is 1.44. The molecule has 1 saturated carbocycles. The van der Waals surface area contributed by atoms with E-state index in [1.165, 1.54) is 32.1 Å². The van der Waals surface area contributed by atoms with Crippen LogP contribution in [0, 0.1) is 5.41 Å². The first-order valence-electron chi connectivity index (χ1n) is 4.81. The van der Waals surface area contributed by atoms with Crippen LogP contribution in [0.5, 0.6) is 0 Å². The molecule has 1 heteroatoms. The summed E-state index contributed by atoms with van der Waals surface area (Å²) in [4.78, 5) is 0. The SMILES string of the molecule is CCCC1(N)CCCC1(C)C. The van der Waals surface area contributed by atoms with E-state index in [-0.39, 0.29) is 5.54 Å². The molecule has 0 aromatic heterocycles. The van der Waals surface area contributed by atoms with Gasteiger partial charge in [0.2, 0.25) is 0 Å². The molecular formula is C10H21N. The van der Waals surface area contributed by atoms with Gasteiger partial charge in [-0.25, -0.2) is 0 Å². The monoisotopic (exact) mass is 155 g/mol. The van der Waals surface area contributed by atoms with E-state index in [0.29, 0.717) is 5.41 Å². The van der Waals surface area contributed by atoms with Gasteiger partial charge in [0.1, 0.15) is 0 Å². The molecule has 0 aromatic rings. The Labute approximate surface area is 70.4 Å². The van der Waals surface area contributed by atoms with Crippen molar-refractivity contribution in [1.82, 2.24) is 0 Å². The van der Waals surface area contributed by atoms with Gasteiger partial charge in [0.15, 0.2) is 0 Å². The first kappa shape index (κ1) is 9.05. The molecular weight excluding hydrogens is 134 g/mol. The van der Waals surface area contributed by atoms with Crippen LogP contribution < -0.4 is 5.73 Å². The van der Waals surface area contributed by atoms with Gasteiger partial charge in [-0.2, -0.15) is 0 Å². The second-order valence-electron chi connectivity index (χ2n) is 4.64. The molecule has 11 heavy (non-hydrogen) atoms. The molecule has 1 aliphatic carbocycles. The minimum atomic E-state index is 0.141. The van der Waals surface area contributed by atoms with Crippen molar-refractivity contribution in [3.8, 4) is 0 Å². The predicted molar refractivity (Wildman–Crippen MR) is 49.5 cm³/mol. The quantitative estimate of drug-likeness (QED) is 0.652. The molecule has 0 radical (unpaired) electrons. The van der Waals surface area contributed by atoms with Gasteiger partial charge in [-0.3, -0.25) is 0 Å². The molecule has 2 N–H and O–H groups in total. The summed E-state index contributed by atoms with van der Waals surface area (Å²) in [5, 5.41) is 0. The molecule has 0 heterocycles. The molecule has 0 amide bonds. The van der Waals surface area contributed by atoms with Gasteiger partial charge >= 0.3 is 0 Å². The van der Waals surface area contributed by atoms with Crippen molar-refractivity contribution in [3.05, 3.63) is 0 Å². The van der Waals surface area contributed by atoms with Gasteiger partial charge in [-0.15, -0.1) is 0 Å². The fraction of sp³-hybridized carbons (Fsp3) is 1.00. The first-order chi connectivity index (χ1) is 5.02. The van der Waals surface area contributed by atoms with Crippen molar-refractivity contribution in [2.75, 3.05) is 0 Å². The van der Waals surface area contributed by atoms with Crippen LogP contribution in [0.15, 0.2) is 0 Å². The number of hydrogen-bond donors (Lipinski definition) is 1. The zero-order valence-corrected chi connectivity index (χ0v) is 8.11. The molecule has 1 fully saturated rings. The second-order valence-corrected chi connectivity index (χ2v) is 4.64. The highest BCUT2D eigenvalue weighted by Gasteiger charge is 2.44. The maximum absolute atomic E-state index is 6.35. The Morgan fingerprint density at radius 3 is 2.27 bits per heavy atom. The Morgan fingerprint density at radius 2 is 1.91 bits per heavy atom. The first-order valence-corrected chi connectivity index (χ1v) is 4.81. The molecule has 1 nitrogen and oxygen atoms in total. The number of rotatable bonds is 2. The Bertz CT molecular complexity index is 140. The van der Waals surface area contributed by atoms with Crippen LogP contribution in [-0.2, 0) is 0 Å². The molecule has 0 spiro atoms. The van der Waals surface area contributed by atoms with E-state index >= 15 is 0 Å². The van der Waals surface area contributed by atoms with E-state index in [9.17, 15) is 0 Å². The largest absolute Gasteiger partial charge is 0.325 e.